The molecule has 0 fully saturated rings. The topological polar surface area (TPSA) is 25.6 Å². The Labute approximate surface area is 303 Å². The number of nitrogens with one attached hydrogen (secondary N) is 1. The molecule has 3 aromatic heterocycles. The molecule has 0 spiro atoms. The summed E-state index contributed by atoms with van der Waals surface area (Å²) < 4.78 is 4.88. The van der Waals surface area contributed by atoms with Gasteiger partial charge in [0.2, 0.25) is 0 Å². The van der Waals surface area contributed by atoms with Crippen molar-refractivity contribution in [1.82, 2.24) is 14.1 Å². The lowest BCUT2D eigenvalue weighted by atomic mass is 9.81. The third kappa shape index (κ3) is 4.14. The highest BCUT2D eigenvalue weighted by molar-refractivity contribution is 6.24. The molecule has 3 nitrogen and oxygen atoms in total. The van der Waals surface area contributed by atoms with Gasteiger partial charge >= 0.3 is 0 Å². The van der Waals surface area contributed by atoms with Gasteiger partial charge in [-0.15, -0.1) is 0 Å². The number of aromatic amines is 1. The fourth-order valence-corrected chi connectivity index (χ4v) is 9.04. The summed E-state index contributed by atoms with van der Waals surface area (Å²) in [6.45, 7) is 8.79. The maximum Gasteiger partial charge on any atom is 0.0585 e. The summed E-state index contributed by atoms with van der Waals surface area (Å²) in [6, 6.07) is 57.8. The minimum absolute atomic E-state index is 0.155. The molecule has 10 aromatic rings. The second-order valence-electron chi connectivity index (χ2n) is 14.3. The van der Waals surface area contributed by atoms with Crippen LogP contribution in [-0.2, 0) is 5.41 Å². The molecule has 1 N–H and O–H groups in total. The van der Waals surface area contributed by atoms with Crippen LogP contribution < -0.4 is 0 Å². The first-order valence-electron chi connectivity index (χ1n) is 18.5. The van der Waals surface area contributed by atoms with E-state index >= 15 is 0 Å². The van der Waals surface area contributed by atoms with Crippen molar-refractivity contribution in [2.45, 2.75) is 33.1 Å². The van der Waals surface area contributed by atoms with Crippen molar-refractivity contribution in [3.8, 4) is 33.8 Å². The zero-order chi connectivity index (χ0) is 35.1. The first kappa shape index (κ1) is 30.5. The Morgan fingerprint density at radius 3 is 1.81 bits per heavy atom. The number of fused-ring (bicyclic) bond motifs is 12. The smallest absolute Gasteiger partial charge is 0.0585 e. The fourth-order valence-electron chi connectivity index (χ4n) is 9.04. The predicted molar refractivity (Wildman–Crippen MR) is 221 cm³/mol. The summed E-state index contributed by atoms with van der Waals surface area (Å²) in [5.41, 5.74) is 16.1. The molecule has 0 amide bonds. The minimum atomic E-state index is -0.155. The van der Waals surface area contributed by atoms with E-state index in [4.69, 9.17) is 0 Å². The van der Waals surface area contributed by atoms with Gasteiger partial charge in [-0.2, -0.15) is 0 Å². The SMILES string of the molecule is CC.CC1(C)c2ccccc2-c2c1c1c3c(ccc1n2-c1ccccc1)[nH]c1ccc(-c2ccc4c(c2)c2ccccc2n4-c2ccccc2)cc13. The van der Waals surface area contributed by atoms with Crippen LogP contribution in [-0.4, -0.2) is 14.1 Å². The molecular weight excluding hydrogens is 631 g/mol. The Balaban J connectivity index is 0.00000166. The second kappa shape index (κ2) is 11.3. The van der Waals surface area contributed by atoms with E-state index in [0.717, 1.165) is 5.52 Å². The van der Waals surface area contributed by atoms with Gasteiger partial charge in [0, 0.05) is 60.3 Å². The van der Waals surface area contributed by atoms with Gasteiger partial charge in [0.25, 0.3) is 0 Å². The molecule has 1 aliphatic rings. The zero-order valence-electron chi connectivity index (χ0n) is 29.9. The molecule has 0 radical (unpaired) electrons. The highest BCUT2D eigenvalue weighted by Gasteiger charge is 2.41. The lowest BCUT2D eigenvalue weighted by Crippen LogP contribution is -2.14. The van der Waals surface area contributed by atoms with E-state index in [1.165, 1.54) is 93.9 Å². The first-order valence-corrected chi connectivity index (χ1v) is 18.5. The largest absolute Gasteiger partial charge is 0.354 e. The quantitative estimate of drug-likeness (QED) is 0.194. The predicted octanol–water partition coefficient (Wildman–Crippen LogP) is 13.4. The van der Waals surface area contributed by atoms with Crippen LogP contribution >= 0.6 is 0 Å². The number of aromatic nitrogens is 3. The van der Waals surface area contributed by atoms with Gasteiger partial charge in [-0.3, -0.25) is 0 Å². The lowest BCUT2D eigenvalue weighted by Gasteiger charge is -2.21. The van der Waals surface area contributed by atoms with Gasteiger partial charge in [0.1, 0.15) is 0 Å². The van der Waals surface area contributed by atoms with E-state index in [0.29, 0.717) is 0 Å². The van der Waals surface area contributed by atoms with Crippen molar-refractivity contribution >= 4 is 54.5 Å². The molecule has 7 aromatic carbocycles. The average molecular weight is 670 g/mol. The van der Waals surface area contributed by atoms with E-state index in [2.05, 4.69) is 186 Å². The molecule has 3 heterocycles. The Morgan fingerprint density at radius 2 is 1.04 bits per heavy atom. The number of hydrogen-bond acceptors (Lipinski definition) is 0. The summed E-state index contributed by atoms with van der Waals surface area (Å²) in [7, 11) is 0. The highest BCUT2D eigenvalue weighted by atomic mass is 15.0. The van der Waals surface area contributed by atoms with Crippen LogP contribution in [0.4, 0.5) is 0 Å². The van der Waals surface area contributed by atoms with E-state index < -0.39 is 0 Å². The van der Waals surface area contributed by atoms with Crippen molar-refractivity contribution in [3.63, 3.8) is 0 Å². The zero-order valence-corrected chi connectivity index (χ0v) is 29.9. The molecule has 1 aliphatic carbocycles. The first-order chi connectivity index (χ1) is 25.6. The number of rotatable bonds is 3. The lowest BCUT2D eigenvalue weighted by molar-refractivity contribution is 0.666. The second-order valence-corrected chi connectivity index (χ2v) is 14.3. The van der Waals surface area contributed by atoms with Crippen LogP contribution in [0.15, 0.2) is 158 Å². The maximum absolute atomic E-state index is 3.80. The van der Waals surface area contributed by atoms with Crippen LogP contribution in [0.25, 0.3) is 88.3 Å². The van der Waals surface area contributed by atoms with Gasteiger partial charge in [-0.25, -0.2) is 0 Å². The number of benzene rings is 7. The summed E-state index contributed by atoms with van der Waals surface area (Å²) in [6.07, 6.45) is 0. The highest BCUT2D eigenvalue weighted by Crippen LogP contribution is 2.55. The fraction of sp³-hybridized carbons (Fsp3) is 0.102. The molecule has 0 atom stereocenters. The van der Waals surface area contributed by atoms with E-state index in [-0.39, 0.29) is 5.41 Å². The third-order valence-electron chi connectivity index (χ3n) is 11.2. The van der Waals surface area contributed by atoms with Crippen molar-refractivity contribution in [3.05, 3.63) is 169 Å². The normalized spacial score (nSPS) is 13.2. The molecule has 0 bridgehead atoms. The molecule has 0 saturated heterocycles. The van der Waals surface area contributed by atoms with Gasteiger partial charge in [-0.1, -0.05) is 119 Å². The maximum atomic E-state index is 3.80. The van der Waals surface area contributed by atoms with E-state index in [9.17, 15) is 0 Å². The molecule has 52 heavy (non-hydrogen) atoms. The van der Waals surface area contributed by atoms with Gasteiger partial charge < -0.3 is 14.1 Å². The van der Waals surface area contributed by atoms with E-state index in [1.807, 2.05) is 13.8 Å². The molecule has 0 saturated carbocycles. The number of para-hydroxylation sites is 3. The van der Waals surface area contributed by atoms with Gasteiger partial charge in [-0.05, 0) is 89.0 Å². The van der Waals surface area contributed by atoms with Crippen molar-refractivity contribution in [2.24, 2.45) is 0 Å². The van der Waals surface area contributed by atoms with Gasteiger partial charge in [0.15, 0.2) is 0 Å². The summed E-state index contributed by atoms with van der Waals surface area (Å²) in [5, 5.41) is 6.43. The van der Waals surface area contributed by atoms with Gasteiger partial charge in [0.05, 0.1) is 22.2 Å². The van der Waals surface area contributed by atoms with Crippen LogP contribution in [0.3, 0.4) is 0 Å². The molecule has 3 heteroatoms. The average Bonchev–Trinajstić information content (AvgIpc) is 3.91. The molecule has 0 unspecified atom stereocenters. The van der Waals surface area contributed by atoms with Crippen molar-refractivity contribution in [1.29, 1.82) is 0 Å². The summed E-state index contributed by atoms with van der Waals surface area (Å²) in [4.78, 5) is 3.80. The third-order valence-corrected chi connectivity index (χ3v) is 11.2. The van der Waals surface area contributed by atoms with E-state index in [1.54, 1.807) is 0 Å². The Hall–Kier alpha value is -6.32. The molecule has 0 aliphatic heterocycles. The van der Waals surface area contributed by atoms with Crippen molar-refractivity contribution in [2.75, 3.05) is 0 Å². The van der Waals surface area contributed by atoms with Crippen LogP contribution in [0, 0.1) is 0 Å². The molecule has 250 valence electrons. The monoisotopic (exact) mass is 669 g/mol. The van der Waals surface area contributed by atoms with Crippen LogP contribution in [0.5, 0.6) is 0 Å². The van der Waals surface area contributed by atoms with Crippen molar-refractivity contribution < 1.29 is 0 Å². The number of nitrogens with zero attached hydrogens (tertiary/aromatic N) is 2. The number of H-pyrrole nitrogens is 1. The summed E-state index contributed by atoms with van der Waals surface area (Å²) in [5.74, 6) is 0. The Kier molecular flexibility index (Phi) is 6.65. The Bertz CT molecular complexity index is 2990. The minimum Gasteiger partial charge on any atom is -0.354 e. The van der Waals surface area contributed by atoms with Crippen LogP contribution in [0.1, 0.15) is 38.8 Å². The number of hydrogen-bond donors (Lipinski definition) is 1. The van der Waals surface area contributed by atoms with Crippen LogP contribution in [0.2, 0.25) is 0 Å². The standard InChI is InChI=1S/C47H33N3.C2H6/c1-47(2)37-19-11-9-18-34(37)46-45(47)44-42(50(46)32-15-7-4-8-16-32)26-24-39-43(44)36-28-29(21-23-38(36)48-39)30-22-25-41-35(27-30)33-17-10-12-20-40(33)49(41)31-13-5-3-6-14-31;1-2/h3-28,48H,1-2H3;1-2H3. The summed E-state index contributed by atoms with van der Waals surface area (Å²) >= 11 is 0. The Morgan fingerprint density at radius 1 is 0.462 bits per heavy atom. The molecule has 11 rings (SSSR count). The molecular formula is C49H39N3.